The molecule has 1 saturated heterocycles. The van der Waals surface area contributed by atoms with E-state index in [-0.39, 0.29) is 5.82 Å². The molecule has 0 aliphatic carbocycles. The Kier molecular flexibility index (Phi) is 5.20. The van der Waals surface area contributed by atoms with Crippen LogP contribution in [-0.2, 0) is 6.54 Å². The highest BCUT2D eigenvalue weighted by atomic mass is 19.1. The second-order valence-electron chi connectivity index (χ2n) is 5.42. The van der Waals surface area contributed by atoms with Crippen LogP contribution in [0.25, 0.3) is 0 Å². The highest BCUT2D eigenvalue weighted by Gasteiger charge is 2.20. The van der Waals surface area contributed by atoms with E-state index in [1.165, 1.54) is 24.9 Å². The van der Waals surface area contributed by atoms with E-state index >= 15 is 0 Å². The molecule has 1 atom stereocenters. The Morgan fingerprint density at radius 2 is 2.21 bits per heavy atom. The maximum atomic E-state index is 13.4. The number of halogens is 1. The quantitative estimate of drug-likeness (QED) is 0.874. The zero-order valence-electron chi connectivity index (χ0n) is 12.1. The summed E-state index contributed by atoms with van der Waals surface area (Å²) in [4.78, 5) is 2.43. The molecule has 0 spiro atoms. The van der Waals surface area contributed by atoms with Crippen LogP contribution in [0, 0.1) is 11.7 Å². The summed E-state index contributed by atoms with van der Waals surface area (Å²) >= 11 is 0. The summed E-state index contributed by atoms with van der Waals surface area (Å²) in [6, 6.07) is 5.20. The maximum Gasteiger partial charge on any atom is 0.123 e. The lowest BCUT2D eigenvalue weighted by atomic mass is 9.94. The van der Waals surface area contributed by atoms with Crippen LogP contribution in [0.1, 0.15) is 38.7 Å². The number of nitrogens with zero attached hydrogens (tertiary/aromatic N) is 1. The fourth-order valence-corrected chi connectivity index (χ4v) is 2.88. The van der Waals surface area contributed by atoms with Gasteiger partial charge >= 0.3 is 0 Å². The highest BCUT2D eigenvalue weighted by molar-refractivity contribution is 5.54. The van der Waals surface area contributed by atoms with Gasteiger partial charge in [-0.25, -0.2) is 4.39 Å². The molecule has 0 amide bonds. The first-order valence-corrected chi connectivity index (χ1v) is 7.48. The smallest absolute Gasteiger partial charge is 0.123 e. The van der Waals surface area contributed by atoms with Crippen LogP contribution in [0.2, 0.25) is 0 Å². The van der Waals surface area contributed by atoms with Crippen LogP contribution in [0.15, 0.2) is 18.2 Å². The SMILES string of the molecule is CCNCc1cc(F)ccc1N1CCCC(CC)C1. The summed E-state index contributed by atoms with van der Waals surface area (Å²) in [5.74, 6) is 0.645. The fraction of sp³-hybridized carbons (Fsp3) is 0.625. The van der Waals surface area contributed by atoms with E-state index in [0.717, 1.165) is 37.7 Å². The first kappa shape index (κ1) is 14.3. The van der Waals surface area contributed by atoms with E-state index in [1.54, 1.807) is 12.1 Å². The van der Waals surface area contributed by atoms with Crippen molar-refractivity contribution in [2.75, 3.05) is 24.5 Å². The van der Waals surface area contributed by atoms with Crippen molar-refractivity contribution in [3.63, 3.8) is 0 Å². The average Bonchev–Trinajstić information content (AvgIpc) is 2.45. The zero-order valence-corrected chi connectivity index (χ0v) is 12.1. The van der Waals surface area contributed by atoms with Gasteiger partial charge in [0.1, 0.15) is 5.82 Å². The monoisotopic (exact) mass is 264 g/mol. The van der Waals surface area contributed by atoms with Crippen LogP contribution in [0.3, 0.4) is 0 Å². The Balaban J connectivity index is 2.17. The summed E-state index contributed by atoms with van der Waals surface area (Å²) < 4.78 is 13.4. The Morgan fingerprint density at radius 1 is 1.37 bits per heavy atom. The Labute approximate surface area is 116 Å². The topological polar surface area (TPSA) is 15.3 Å². The Hall–Kier alpha value is -1.09. The van der Waals surface area contributed by atoms with Gasteiger partial charge in [-0.15, -0.1) is 0 Å². The van der Waals surface area contributed by atoms with E-state index in [4.69, 9.17) is 0 Å². The fourth-order valence-electron chi connectivity index (χ4n) is 2.88. The number of benzene rings is 1. The minimum Gasteiger partial charge on any atom is -0.371 e. The normalized spacial score (nSPS) is 19.7. The van der Waals surface area contributed by atoms with Gasteiger partial charge in [0.25, 0.3) is 0 Å². The van der Waals surface area contributed by atoms with Crippen molar-refractivity contribution in [3.8, 4) is 0 Å². The molecule has 1 aromatic carbocycles. The lowest BCUT2D eigenvalue weighted by Crippen LogP contribution is -2.36. The molecular weight excluding hydrogens is 239 g/mol. The van der Waals surface area contributed by atoms with Crippen molar-refractivity contribution in [1.82, 2.24) is 5.32 Å². The van der Waals surface area contributed by atoms with E-state index in [0.29, 0.717) is 0 Å². The molecule has 1 heterocycles. The predicted octanol–water partition coefficient (Wildman–Crippen LogP) is 3.56. The molecule has 19 heavy (non-hydrogen) atoms. The molecule has 0 aromatic heterocycles. The van der Waals surface area contributed by atoms with Gasteiger partial charge in [-0.05, 0) is 49.1 Å². The summed E-state index contributed by atoms with van der Waals surface area (Å²) in [5.41, 5.74) is 2.29. The third kappa shape index (κ3) is 3.69. The summed E-state index contributed by atoms with van der Waals surface area (Å²) in [6.07, 6.45) is 3.81. The molecular formula is C16H25FN2. The van der Waals surface area contributed by atoms with Gasteiger partial charge < -0.3 is 10.2 Å². The van der Waals surface area contributed by atoms with Crippen LogP contribution >= 0.6 is 0 Å². The van der Waals surface area contributed by atoms with Crippen molar-refractivity contribution in [2.24, 2.45) is 5.92 Å². The van der Waals surface area contributed by atoms with Gasteiger partial charge in [0.2, 0.25) is 0 Å². The largest absolute Gasteiger partial charge is 0.371 e. The molecule has 106 valence electrons. The lowest BCUT2D eigenvalue weighted by molar-refractivity contribution is 0.404. The second kappa shape index (κ2) is 6.90. The molecule has 1 fully saturated rings. The third-order valence-electron chi connectivity index (χ3n) is 4.04. The van der Waals surface area contributed by atoms with Crippen LogP contribution in [0.5, 0.6) is 0 Å². The standard InChI is InChI=1S/C16H25FN2/c1-3-13-6-5-9-19(12-13)16-8-7-15(17)10-14(16)11-18-4-2/h7-8,10,13,18H,3-6,9,11-12H2,1-2H3. The minimum absolute atomic E-state index is 0.138. The number of rotatable bonds is 5. The number of anilines is 1. The van der Waals surface area contributed by atoms with Crippen LogP contribution in [-0.4, -0.2) is 19.6 Å². The van der Waals surface area contributed by atoms with Gasteiger partial charge in [-0.1, -0.05) is 20.3 Å². The third-order valence-corrected chi connectivity index (χ3v) is 4.04. The van der Waals surface area contributed by atoms with Gasteiger partial charge in [-0.3, -0.25) is 0 Å². The average molecular weight is 264 g/mol. The molecule has 1 aliphatic heterocycles. The minimum atomic E-state index is -0.138. The molecule has 2 nitrogen and oxygen atoms in total. The number of piperidine rings is 1. The zero-order chi connectivity index (χ0) is 13.7. The van der Waals surface area contributed by atoms with Crippen molar-refractivity contribution < 1.29 is 4.39 Å². The second-order valence-corrected chi connectivity index (χ2v) is 5.42. The molecule has 3 heteroatoms. The van der Waals surface area contributed by atoms with Crippen LogP contribution in [0.4, 0.5) is 10.1 Å². The van der Waals surface area contributed by atoms with Gasteiger partial charge in [0.15, 0.2) is 0 Å². The highest BCUT2D eigenvalue weighted by Crippen LogP contribution is 2.28. The number of nitrogens with one attached hydrogen (secondary N) is 1. The van der Waals surface area contributed by atoms with Gasteiger partial charge in [-0.2, -0.15) is 0 Å². The molecule has 1 unspecified atom stereocenters. The molecule has 0 bridgehead atoms. The van der Waals surface area contributed by atoms with Gasteiger partial charge in [0, 0.05) is 25.3 Å². The van der Waals surface area contributed by atoms with Crippen molar-refractivity contribution >= 4 is 5.69 Å². The molecule has 0 radical (unpaired) electrons. The van der Waals surface area contributed by atoms with Crippen molar-refractivity contribution in [2.45, 2.75) is 39.7 Å². The van der Waals surface area contributed by atoms with E-state index in [9.17, 15) is 4.39 Å². The van der Waals surface area contributed by atoms with Gasteiger partial charge in [0.05, 0.1) is 0 Å². The predicted molar refractivity (Wildman–Crippen MR) is 79.0 cm³/mol. The first-order chi connectivity index (χ1) is 9.24. The van der Waals surface area contributed by atoms with E-state index < -0.39 is 0 Å². The first-order valence-electron chi connectivity index (χ1n) is 7.48. The van der Waals surface area contributed by atoms with Crippen molar-refractivity contribution in [1.29, 1.82) is 0 Å². The summed E-state index contributed by atoms with van der Waals surface area (Å²) in [5, 5.41) is 3.30. The molecule has 0 saturated carbocycles. The van der Waals surface area contributed by atoms with Crippen LogP contribution < -0.4 is 10.2 Å². The number of hydrogen-bond acceptors (Lipinski definition) is 2. The summed E-state index contributed by atoms with van der Waals surface area (Å²) in [7, 11) is 0. The molecule has 1 aliphatic rings. The van der Waals surface area contributed by atoms with E-state index in [1.807, 2.05) is 6.07 Å². The maximum absolute atomic E-state index is 13.4. The number of hydrogen-bond donors (Lipinski definition) is 1. The van der Waals surface area contributed by atoms with E-state index in [2.05, 4.69) is 24.1 Å². The molecule has 1 aromatic rings. The Morgan fingerprint density at radius 3 is 2.95 bits per heavy atom. The lowest BCUT2D eigenvalue weighted by Gasteiger charge is -2.35. The summed E-state index contributed by atoms with van der Waals surface area (Å²) in [6.45, 7) is 8.21. The molecule has 2 rings (SSSR count). The van der Waals surface area contributed by atoms with Crippen molar-refractivity contribution in [3.05, 3.63) is 29.6 Å². The molecule has 1 N–H and O–H groups in total. The Bertz CT molecular complexity index is 406.